The average Bonchev–Trinajstić information content (AvgIpc) is 2.46. The first-order valence-electron chi connectivity index (χ1n) is 7.29. The van der Waals surface area contributed by atoms with Crippen LogP contribution in [-0.2, 0) is 6.18 Å². The molecule has 0 heterocycles. The van der Waals surface area contributed by atoms with E-state index in [0.29, 0.717) is 11.6 Å². The molecular weight excluding hydrogens is 279 g/mol. The fourth-order valence-corrected chi connectivity index (χ4v) is 2.99. The molecule has 0 aliphatic heterocycles. The highest BCUT2D eigenvalue weighted by atomic mass is 19.4. The molecule has 5 heteroatoms. The summed E-state index contributed by atoms with van der Waals surface area (Å²) in [5, 5.41) is 0. The summed E-state index contributed by atoms with van der Waals surface area (Å²) in [5.74, 6) is 0.545. The molecule has 1 fully saturated rings. The quantitative estimate of drug-likeness (QED) is 0.761. The van der Waals surface area contributed by atoms with Crippen LogP contribution in [0.4, 0.5) is 18.9 Å². The van der Waals surface area contributed by atoms with Gasteiger partial charge in [-0.1, -0.05) is 19.3 Å². The van der Waals surface area contributed by atoms with Crippen LogP contribution in [-0.4, -0.2) is 19.9 Å². The van der Waals surface area contributed by atoms with Crippen molar-refractivity contribution in [3.8, 4) is 0 Å². The summed E-state index contributed by atoms with van der Waals surface area (Å²) in [6.07, 6.45) is 1.71. The molecule has 0 spiro atoms. The third kappa shape index (κ3) is 3.99. The smallest absolute Gasteiger partial charge is 0.374 e. The molecule has 1 aromatic rings. The van der Waals surface area contributed by atoms with Gasteiger partial charge in [-0.05, 0) is 37.0 Å². The van der Waals surface area contributed by atoms with Crippen LogP contribution in [0.5, 0.6) is 0 Å². The van der Waals surface area contributed by atoms with E-state index in [1.165, 1.54) is 25.3 Å². The number of hydrogen-bond acceptors (Lipinski definition) is 2. The lowest BCUT2D eigenvalue weighted by Gasteiger charge is -2.29. The largest absolute Gasteiger partial charge is 0.417 e. The summed E-state index contributed by atoms with van der Waals surface area (Å²) in [7, 11) is 1.81. The van der Waals surface area contributed by atoms with Gasteiger partial charge in [-0.15, -0.1) is 0 Å². The minimum absolute atomic E-state index is 0.258. The van der Waals surface area contributed by atoms with E-state index in [4.69, 9.17) is 0 Å². The number of carbonyl (C=O) groups excluding carboxylic acids is 1. The van der Waals surface area contributed by atoms with Crippen LogP contribution in [0.3, 0.4) is 0 Å². The lowest BCUT2D eigenvalue weighted by atomic mass is 9.89. The number of anilines is 1. The Morgan fingerprint density at radius 2 is 1.90 bits per heavy atom. The maximum Gasteiger partial charge on any atom is 0.417 e. The zero-order valence-corrected chi connectivity index (χ0v) is 12.1. The maximum absolute atomic E-state index is 13.0. The predicted octanol–water partition coefficient (Wildman–Crippen LogP) is 4.53. The zero-order valence-electron chi connectivity index (χ0n) is 12.1. The van der Waals surface area contributed by atoms with E-state index >= 15 is 0 Å². The van der Waals surface area contributed by atoms with Gasteiger partial charge in [-0.3, -0.25) is 4.79 Å². The average molecular weight is 299 g/mol. The molecule has 1 aliphatic carbocycles. The lowest BCUT2D eigenvalue weighted by molar-refractivity contribution is -0.137. The normalized spacial score (nSPS) is 16.8. The SMILES string of the molecule is CN(CC1CCCCC1)c1ccc(C=O)c(C(F)(F)F)c1. The van der Waals surface area contributed by atoms with E-state index in [9.17, 15) is 18.0 Å². The maximum atomic E-state index is 13.0. The van der Waals surface area contributed by atoms with Crippen LogP contribution in [0.25, 0.3) is 0 Å². The van der Waals surface area contributed by atoms with Crippen LogP contribution < -0.4 is 4.90 Å². The van der Waals surface area contributed by atoms with Crippen molar-refractivity contribution in [1.82, 2.24) is 0 Å². The Balaban J connectivity index is 2.17. The van der Waals surface area contributed by atoms with Crippen molar-refractivity contribution < 1.29 is 18.0 Å². The molecule has 0 N–H and O–H groups in total. The summed E-state index contributed by atoms with van der Waals surface area (Å²) in [6, 6.07) is 3.91. The lowest BCUT2D eigenvalue weighted by Crippen LogP contribution is -2.27. The number of alkyl halides is 3. The first-order valence-corrected chi connectivity index (χ1v) is 7.29. The van der Waals surface area contributed by atoms with Crippen molar-refractivity contribution in [2.45, 2.75) is 38.3 Å². The topological polar surface area (TPSA) is 20.3 Å². The van der Waals surface area contributed by atoms with Gasteiger partial charge in [-0.2, -0.15) is 13.2 Å². The van der Waals surface area contributed by atoms with Gasteiger partial charge in [0.25, 0.3) is 0 Å². The number of nitrogens with zero attached hydrogens (tertiary/aromatic N) is 1. The van der Waals surface area contributed by atoms with Crippen LogP contribution in [0.2, 0.25) is 0 Å². The van der Waals surface area contributed by atoms with E-state index in [-0.39, 0.29) is 11.8 Å². The summed E-state index contributed by atoms with van der Waals surface area (Å²) < 4.78 is 38.9. The van der Waals surface area contributed by atoms with Gasteiger partial charge in [-0.25, -0.2) is 0 Å². The van der Waals surface area contributed by atoms with Crippen molar-refractivity contribution in [3.05, 3.63) is 29.3 Å². The third-order valence-electron chi connectivity index (χ3n) is 4.17. The van der Waals surface area contributed by atoms with Gasteiger partial charge in [0.1, 0.15) is 0 Å². The number of rotatable bonds is 4. The molecule has 0 aromatic heterocycles. The van der Waals surface area contributed by atoms with E-state index in [1.807, 2.05) is 11.9 Å². The van der Waals surface area contributed by atoms with Crippen molar-refractivity contribution in [2.75, 3.05) is 18.5 Å². The molecular formula is C16H20F3NO. The highest BCUT2D eigenvalue weighted by Gasteiger charge is 2.33. The van der Waals surface area contributed by atoms with Gasteiger partial charge < -0.3 is 4.90 Å². The Bertz CT molecular complexity index is 493. The molecule has 0 bridgehead atoms. The second kappa shape index (κ2) is 6.50. The van der Waals surface area contributed by atoms with E-state index in [2.05, 4.69) is 0 Å². The highest BCUT2D eigenvalue weighted by molar-refractivity contribution is 5.79. The van der Waals surface area contributed by atoms with Gasteiger partial charge >= 0.3 is 6.18 Å². The van der Waals surface area contributed by atoms with Gasteiger partial charge in [0.15, 0.2) is 6.29 Å². The highest BCUT2D eigenvalue weighted by Crippen LogP contribution is 2.34. The molecule has 21 heavy (non-hydrogen) atoms. The van der Waals surface area contributed by atoms with Crippen molar-refractivity contribution >= 4 is 12.0 Å². The fraction of sp³-hybridized carbons (Fsp3) is 0.562. The van der Waals surface area contributed by atoms with Gasteiger partial charge in [0.2, 0.25) is 0 Å². The Hall–Kier alpha value is -1.52. The summed E-state index contributed by atoms with van der Waals surface area (Å²) in [4.78, 5) is 12.6. The summed E-state index contributed by atoms with van der Waals surface area (Å²) in [6.45, 7) is 0.762. The Morgan fingerprint density at radius 3 is 2.48 bits per heavy atom. The number of aldehydes is 1. The Morgan fingerprint density at radius 1 is 1.24 bits per heavy atom. The van der Waals surface area contributed by atoms with Crippen LogP contribution >= 0.6 is 0 Å². The second-order valence-corrected chi connectivity index (χ2v) is 5.77. The molecule has 1 saturated carbocycles. The first-order chi connectivity index (χ1) is 9.91. The number of hydrogen-bond donors (Lipinski definition) is 0. The molecule has 116 valence electrons. The van der Waals surface area contributed by atoms with Crippen LogP contribution in [0, 0.1) is 5.92 Å². The Kier molecular flexibility index (Phi) is 4.91. The van der Waals surface area contributed by atoms with E-state index in [0.717, 1.165) is 25.5 Å². The van der Waals surface area contributed by atoms with Crippen LogP contribution in [0.1, 0.15) is 48.0 Å². The molecule has 2 nitrogen and oxygen atoms in total. The molecule has 1 aromatic carbocycles. The molecule has 0 radical (unpaired) electrons. The summed E-state index contributed by atoms with van der Waals surface area (Å²) in [5.41, 5.74) is -0.652. The molecule has 0 atom stereocenters. The summed E-state index contributed by atoms with van der Waals surface area (Å²) >= 11 is 0. The molecule has 0 saturated heterocycles. The third-order valence-corrected chi connectivity index (χ3v) is 4.17. The fourth-order valence-electron chi connectivity index (χ4n) is 2.99. The second-order valence-electron chi connectivity index (χ2n) is 5.77. The zero-order chi connectivity index (χ0) is 15.5. The minimum atomic E-state index is -4.50. The van der Waals surface area contributed by atoms with Crippen molar-refractivity contribution in [3.63, 3.8) is 0 Å². The van der Waals surface area contributed by atoms with E-state index < -0.39 is 11.7 Å². The molecule has 0 unspecified atom stereocenters. The monoisotopic (exact) mass is 299 g/mol. The Labute approximate surface area is 122 Å². The van der Waals surface area contributed by atoms with E-state index in [1.54, 1.807) is 6.07 Å². The molecule has 2 rings (SSSR count). The number of carbonyl (C=O) groups is 1. The van der Waals surface area contributed by atoms with Crippen LogP contribution in [0.15, 0.2) is 18.2 Å². The van der Waals surface area contributed by atoms with Gasteiger partial charge in [0.05, 0.1) is 5.56 Å². The minimum Gasteiger partial charge on any atom is -0.374 e. The number of benzene rings is 1. The van der Waals surface area contributed by atoms with Crippen molar-refractivity contribution in [1.29, 1.82) is 0 Å². The molecule has 0 amide bonds. The first kappa shape index (κ1) is 15.9. The number of halogens is 3. The molecule has 1 aliphatic rings. The van der Waals surface area contributed by atoms with Gasteiger partial charge in [0, 0.05) is 24.8 Å². The standard InChI is InChI=1S/C16H20F3NO/c1-20(10-12-5-3-2-4-6-12)14-8-7-13(11-21)15(9-14)16(17,18)19/h7-9,11-12H,2-6,10H2,1H3. The van der Waals surface area contributed by atoms with Crippen molar-refractivity contribution in [2.24, 2.45) is 5.92 Å². The predicted molar refractivity (Wildman–Crippen MR) is 76.7 cm³/mol.